The molecule has 3 nitrogen and oxygen atoms in total. The van der Waals surface area contributed by atoms with Gasteiger partial charge in [-0.15, -0.1) is 0 Å². The standard InChI is InChI=1S/C10H18N2O/c1-4-6-7-12-10(13)8(3)9(5-2)11-12/h13H,4-7H2,1-3H3. The lowest BCUT2D eigenvalue weighted by Crippen LogP contribution is -1.99. The van der Waals surface area contributed by atoms with Gasteiger partial charge in [-0.25, -0.2) is 4.68 Å². The predicted octanol–water partition coefficient (Wildman–Crippen LogP) is 2.26. The summed E-state index contributed by atoms with van der Waals surface area (Å²) in [6.07, 6.45) is 3.08. The normalized spacial score (nSPS) is 10.7. The van der Waals surface area contributed by atoms with E-state index in [4.69, 9.17) is 0 Å². The maximum atomic E-state index is 9.68. The largest absolute Gasteiger partial charge is 0.493 e. The van der Waals surface area contributed by atoms with Crippen LogP contribution in [0.15, 0.2) is 0 Å². The van der Waals surface area contributed by atoms with Crippen LogP contribution in [0.1, 0.15) is 37.9 Å². The van der Waals surface area contributed by atoms with Crippen molar-refractivity contribution in [3.63, 3.8) is 0 Å². The second-order valence-electron chi connectivity index (χ2n) is 3.33. The summed E-state index contributed by atoms with van der Waals surface area (Å²) in [6, 6.07) is 0. The highest BCUT2D eigenvalue weighted by atomic mass is 16.3. The minimum atomic E-state index is 0.338. The Bertz CT molecular complexity index is 279. The Balaban J connectivity index is 2.82. The summed E-state index contributed by atoms with van der Waals surface area (Å²) in [7, 11) is 0. The molecule has 0 bridgehead atoms. The Morgan fingerprint density at radius 2 is 2.08 bits per heavy atom. The lowest BCUT2D eigenvalue weighted by molar-refractivity contribution is 0.390. The Morgan fingerprint density at radius 1 is 1.38 bits per heavy atom. The van der Waals surface area contributed by atoms with Gasteiger partial charge in [-0.1, -0.05) is 20.3 Å². The second kappa shape index (κ2) is 4.30. The fourth-order valence-electron chi connectivity index (χ4n) is 1.39. The Kier molecular flexibility index (Phi) is 3.34. The van der Waals surface area contributed by atoms with Gasteiger partial charge in [0, 0.05) is 12.1 Å². The molecule has 0 saturated carbocycles. The smallest absolute Gasteiger partial charge is 0.212 e. The van der Waals surface area contributed by atoms with E-state index in [-0.39, 0.29) is 0 Å². The van der Waals surface area contributed by atoms with Gasteiger partial charge < -0.3 is 5.11 Å². The zero-order chi connectivity index (χ0) is 9.84. The van der Waals surface area contributed by atoms with Crippen molar-refractivity contribution >= 4 is 0 Å². The summed E-state index contributed by atoms with van der Waals surface area (Å²) in [6.45, 7) is 6.93. The van der Waals surface area contributed by atoms with Gasteiger partial charge >= 0.3 is 0 Å². The van der Waals surface area contributed by atoms with E-state index in [1.54, 1.807) is 4.68 Å². The number of hydrogen-bond acceptors (Lipinski definition) is 2. The summed E-state index contributed by atoms with van der Waals surface area (Å²) >= 11 is 0. The number of hydrogen-bond donors (Lipinski definition) is 1. The molecule has 0 radical (unpaired) electrons. The van der Waals surface area contributed by atoms with Crippen LogP contribution in [0, 0.1) is 6.92 Å². The zero-order valence-corrected chi connectivity index (χ0v) is 8.67. The molecule has 1 N–H and O–H groups in total. The Labute approximate surface area is 79.4 Å². The van der Waals surface area contributed by atoms with E-state index in [1.165, 1.54) is 0 Å². The van der Waals surface area contributed by atoms with Gasteiger partial charge in [0.1, 0.15) is 0 Å². The molecule has 0 aromatic carbocycles. The van der Waals surface area contributed by atoms with Crippen LogP contribution in [-0.4, -0.2) is 14.9 Å². The first kappa shape index (κ1) is 10.1. The Hall–Kier alpha value is -0.990. The van der Waals surface area contributed by atoms with Crippen molar-refractivity contribution in [2.45, 2.75) is 46.6 Å². The van der Waals surface area contributed by atoms with Crippen LogP contribution in [0.5, 0.6) is 5.88 Å². The molecule has 0 spiro atoms. The van der Waals surface area contributed by atoms with Crippen molar-refractivity contribution in [2.24, 2.45) is 0 Å². The van der Waals surface area contributed by atoms with Crippen molar-refractivity contribution in [3.05, 3.63) is 11.3 Å². The van der Waals surface area contributed by atoms with Gasteiger partial charge in [-0.2, -0.15) is 5.10 Å². The van der Waals surface area contributed by atoms with Crippen LogP contribution in [-0.2, 0) is 13.0 Å². The molecule has 1 rings (SSSR count). The van der Waals surface area contributed by atoms with E-state index in [9.17, 15) is 5.11 Å². The molecule has 1 aromatic heterocycles. The molecule has 74 valence electrons. The third-order valence-corrected chi connectivity index (χ3v) is 2.31. The number of rotatable bonds is 4. The van der Waals surface area contributed by atoms with E-state index >= 15 is 0 Å². The van der Waals surface area contributed by atoms with Crippen LogP contribution in [0.3, 0.4) is 0 Å². The van der Waals surface area contributed by atoms with Gasteiger partial charge in [-0.05, 0) is 19.8 Å². The van der Waals surface area contributed by atoms with Gasteiger partial charge in [-0.3, -0.25) is 0 Å². The first-order valence-corrected chi connectivity index (χ1v) is 4.95. The molecule has 1 heterocycles. The highest BCUT2D eigenvalue weighted by Gasteiger charge is 2.10. The van der Waals surface area contributed by atoms with E-state index in [2.05, 4.69) is 18.9 Å². The maximum absolute atomic E-state index is 9.68. The molecule has 3 heteroatoms. The van der Waals surface area contributed by atoms with E-state index < -0.39 is 0 Å². The summed E-state index contributed by atoms with van der Waals surface area (Å²) in [5.41, 5.74) is 1.94. The van der Waals surface area contributed by atoms with Crippen LogP contribution >= 0.6 is 0 Å². The third-order valence-electron chi connectivity index (χ3n) is 2.31. The molecule has 0 fully saturated rings. The number of aromatic nitrogens is 2. The first-order chi connectivity index (χ1) is 6.20. The van der Waals surface area contributed by atoms with Gasteiger partial charge in [0.15, 0.2) is 0 Å². The van der Waals surface area contributed by atoms with Crippen LogP contribution in [0.2, 0.25) is 0 Å². The number of aryl methyl sites for hydroxylation is 2. The van der Waals surface area contributed by atoms with Gasteiger partial charge in [0.2, 0.25) is 5.88 Å². The van der Waals surface area contributed by atoms with Crippen molar-refractivity contribution in [2.75, 3.05) is 0 Å². The predicted molar refractivity (Wildman–Crippen MR) is 52.9 cm³/mol. The van der Waals surface area contributed by atoms with E-state index in [0.29, 0.717) is 5.88 Å². The quantitative estimate of drug-likeness (QED) is 0.775. The SMILES string of the molecule is CCCCn1nc(CC)c(C)c1O. The van der Waals surface area contributed by atoms with Crippen molar-refractivity contribution in [3.8, 4) is 5.88 Å². The molecule has 0 atom stereocenters. The highest BCUT2D eigenvalue weighted by molar-refractivity contribution is 5.28. The molecule has 0 aliphatic heterocycles. The van der Waals surface area contributed by atoms with Crippen molar-refractivity contribution < 1.29 is 5.11 Å². The van der Waals surface area contributed by atoms with Gasteiger partial charge in [0.25, 0.3) is 0 Å². The van der Waals surface area contributed by atoms with E-state index in [0.717, 1.165) is 37.1 Å². The number of nitrogens with zero attached hydrogens (tertiary/aromatic N) is 2. The topological polar surface area (TPSA) is 38.0 Å². The molecule has 0 saturated heterocycles. The minimum Gasteiger partial charge on any atom is -0.493 e. The second-order valence-corrected chi connectivity index (χ2v) is 3.33. The average molecular weight is 182 g/mol. The summed E-state index contributed by atoms with van der Waals surface area (Å²) in [4.78, 5) is 0. The molecule has 0 amide bonds. The minimum absolute atomic E-state index is 0.338. The molecule has 0 aliphatic rings. The van der Waals surface area contributed by atoms with Gasteiger partial charge in [0.05, 0.1) is 5.69 Å². The molecule has 1 aromatic rings. The highest BCUT2D eigenvalue weighted by Crippen LogP contribution is 2.20. The van der Waals surface area contributed by atoms with Crippen molar-refractivity contribution in [1.82, 2.24) is 9.78 Å². The van der Waals surface area contributed by atoms with Crippen molar-refractivity contribution in [1.29, 1.82) is 0 Å². The first-order valence-electron chi connectivity index (χ1n) is 4.95. The molecule has 13 heavy (non-hydrogen) atoms. The lowest BCUT2D eigenvalue weighted by Gasteiger charge is -2.00. The third kappa shape index (κ3) is 2.02. The van der Waals surface area contributed by atoms with E-state index in [1.807, 2.05) is 6.92 Å². The fraction of sp³-hybridized carbons (Fsp3) is 0.700. The number of aromatic hydroxyl groups is 1. The molecular formula is C10H18N2O. The molecule has 0 unspecified atom stereocenters. The maximum Gasteiger partial charge on any atom is 0.212 e. The lowest BCUT2D eigenvalue weighted by atomic mass is 10.2. The van der Waals surface area contributed by atoms with Crippen LogP contribution in [0.4, 0.5) is 0 Å². The fourth-order valence-corrected chi connectivity index (χ4v) is 1.39. The monoisotopic (exact) mass is 182 g/mol. The molecular weight excluding hydrogens is 164 g/mol. The summed E-state index contributed by atoms with van der Waals surface area (Å²) < 4.78 is 1.71. The number of unbranched alkanes of at least 4 members (excludes halogenated alkanes) is 1. The zero-order valence-electron chi connectivity index (χ0n) is 8.67. The average Bonchev–Trinajstić information content (AvgIpc) is 2.41. The summed E-state index contributed by atoms with van der Waals surface area (Å²) in [5, 5.41) is 14.0. The van der Waals surface area contributed by atoms with Crippen LogP contribution < -0.4 is 0 Å². The molecule has 0 aliphatic carbocycles. The Morgan fingerprint density at radius 3 is 2.54 bits per heavy atom. The van der Waals surface area contributed by atoms with Crippen LogP contribution in [0.25, 0.3) is 0 Å². The summed E-state index contributed by atoms with van der Waals surface area (Å²) in [5.74, 6) is 0.338.